The van der Waals surface area contributed by atoms with Gasteiger partial charge < -0.3 is 11.1 Å². The van der Waals surface area contributed by atoms with Gasteiger partial charge in [-0.3, -0.25) is 9.20 Å². The molecule has 0 radical (unpaired) electrons. The summed E-state index contributed by atoms with van der Waals surface area (Å²) in [6, 6.07) is 14.8. The Labute approximate surface area is 239 Å². The molecule has 0 bridgehead atoms. The van der Waals surface area contributed by atoms with Gasteiger partial charge in [-0.25, -0.2) is 23.4 Å². The SMILES string of the molecule is NC(=O)c1ccc(-c2nc3sccn3c2-c2ccnc(N[C@@H]3CCCN(S(=O)(=O)c4ccc(Cl)cc4)C3)n2)cc1. The molecule has 2 aromatic carbocycles. The molecule has 13 heteroatoms. The molecule has 1 saturated heterocycles. The molecule has 0 unspecified atom stereocenters. The Hall–Kier alpha value is -3.84. The number of primary amides is 1. The number of fused-ring (bicyclic) bond motifs is 1. The van der Waals surface area contributed by atoms with Crippen molar-refractivity contribution >= 4 is 49.8 Å². The number of nitrogens with two attached hydrogens (primary N) is 1. The van der Waals surface area contributed by atoms with Gasteiger partial charge in [-0.05, 0) is 55.3 Å². The number of rotatable bonds is 7. The predicted octanol–water partition coefficient (Wildman–Crippen LogP) is 4.54. The molecule has 0 saturated carbocycles. The largest absolute Gasteiger partial charge is 0.366 e. The van der Waals surface area contributed by atoms with Crippen molar-refractivity contribution in [3.63, 3.8) is 0 Å². The van der Waals surface area contributed by atoms with Gasteiger partial charge in [-0.2, -0.15) is 4.31 Å². The zero-order valence-corrected chi connectivity index (χ0v) is 23.5. The van der Waals surface area contributed by atoms with Crippen molar-refractivity contribution in [1.29, 1.82) is 0 Å². The van der Waals surface area contributed by atoms with Gasteiger partial charge in [-0.15, -0.1) is 11.3 Å². The molecule has 1 amide bonds. The van der Waals surface area contributed by atoms with Crippen LogP contribution in [0.5, 0.6) is 0 Å². The fourth-order valence-electron chi connectivity index (χ4n) is 4.80. The highest BCUT2D eigenvalue weighted by atomic mass is 35.5. The average molecular weight is 594 g/mol. The van der Waals surface area contributed by atoms with Crippen LogP contribution in [0.25, 0.3) is 27.6 Å². The highest BCUT2D eigenvalue weighted by Crippen LogP contribution is 2.34. The Bertz CT molecular complexity index is 1800. The molecule has 6 rings (SSSR count). The molecule has 0 spiro atoms. The van der Waals surface area contributed by atoms with Crippen molar-refractivity contribution in [2.75, 3.05) is 18.4 Å². The fraction of sp³-hybridized carbons (Fsp3) is 0.185. The number of sulfonamides is 1. The lowest BCUT2D eigenvalue weighted by atomic mass is 10.1. The maximum Gasteiger partial charge on any atom is 0.248 e. The van der Waals surface area contributed by atoms with E-state index in [4.69, 9.17) is 27.3 Å². The Morgan fingerprint density at radius 2 is 1.85 bits per heavy atom. The molecular formula is C27H24ClN7O3S2. The third-order valence-corrected chi connectivity index (χ3v) is 9.66. The van der Waals surface area contributed by atoms with Gasteiger partial charge in [0.05, 0.1) is 16.3 Å². The second-order valence-corrected chi connectivity index (χ2v) is 12.6. The van der Waals surface area contributed by atoms with Crippen LogP contribution in [0.15, 0.2) is 77.3 Å². The predicted molar refractivity (Wildman–Crippen MR) is 155 cm³/mol. The van der Waals surface area contributed by atoms with Crippen molar-refractivity contribution in [2.24, 2.45) is 5.73 Å². The van der Waals surface area contributed by atoms with Gasteiger partial charge in [-0.1, -0.05) is 23.7 Å². The van der Waals surface area contributed by atoms with Crippen LogP contribution in [-0.2, 0) is 10.0 Å². The van der Waals surface area contributed by atoms with E-state index in [1.165, 1.54) is 27.8 Å². The summed E-state index contributed by atoms with van der Waals surface area (Å²) >= 11 is 7.45. The Morgan fingerprint density at radius 3 is 2.60 bits per heavy atom. The van der Waals surface area contributed by atoms with E-state index in [1.54, 1.807) is 30.5 Å². The number of benzene rings is 2. The third kappa shape index (κ3) is 5.06. The number of nitrogens with zero attached hydrogens (tertiary/aromatic N) is 5. The molecule has 0 aliphatic carbocycles. The minimum Gasteiger partial charge on any atom is -0.366 e. The molecule has 1 fully saturated rings. The van der Waals surface area contributed by atoms with Gasteiger partial charge in [0.1, 0.15) is 5.69 Å². The molecule has 10 nitrogen and oxygen atoms in total. The molecule has 204 valence electrons. The number of anilines is 1. The first-order valence-electron chi connectivity index (χ1n) is 12.5. The minimum atomic E-state index is -3.66. The molecule has 1 atom stereocenters. The summed E-state index contributed by atoms with van der Waals surface area (Å²) in [6.45, 7) is 0.728. The lowest BCUT2D eigenvalue weighted by Crippen LogP contribution is -2.45. The second kappa shape index (κ2) is 10.6. The van der Waals surface area contributed by atoms with Gasteiger partial charge in [0, 0.05) is 53.1 Å². The van der Waals surface area contributed by atoms with Crippen molar-refractivity contribution in [3.8, 4) is 22.6 Å². The van der Waals surface area contributed by atoms with Crippen molar-refractivity contribution < 1.29 is 13.2 Å². The maximum absolute atomic E-state index is 13.2. The molecule has 5 aromatic rings. The third-order valence-electron chi connectivity index (χ3n) is 6.77. The molecule has 3 aromatic heterocycles. The van der Waals surface area contributed by atoms with Crippen molar-refractivity contribution in [3.05, 3.63) is 83.0 Å². The lowest BCUT2D eigenvalue weighted by Gasteiger charge is -2.32. The van der Waals surface area contributed by atoms with Crippen molar-refractivity contribution in [1.82, 2.24) is 23.7 Å². The number of amides is 1. The summed E-state index contributed by atoms with van der Waals surface area (Å²) in [6.07, 6.45) is 5.08. The summed E-state index contributed by atoms with van der Waals surface area (Å²) in [5, 5.41) is 5.77. The summed E-state index contributed by atoms with van der Waals surface area (Å²) in [5.41, 5.74) is 8.79. The van der Waals surface area contributed by atoms with Crippen LogP contribution in [-0.4, -0.2) is 57.1 Å². The number of nitrogens with one attached hydrogen (secondary N) is 1. The second-order valence-electron chi connectivity index (χ2n) is 9.37. The summed E-state index contributed by atoms with van der Waals surface area (Å²) in [4.78, 5) is 26.6. The van der Waals surface area contributed by atoms with E-state index in [0.717, 1.165) is 22.6 Å². The summed E-state index contributed by atoms with van der Waals surface area (Å²) < 4.78 is 29.9. The zero-order valence-electron chi connectivity index (χ0n) is 21.1. The fourth-order valence-corrected chi connectivity index (χ4v) is 7.16. The quantitative estimate of drug-likeness (QED) is 0.283. The number of carbonyl (C=O) groups excluding carboxylic acids is 1. The number of aromatic nitrogens is 4. The first-order valence-corrected chi connectivity index (χ1v) is 15.2. The number of thiazole rings is 1. The number of carbonyl (C=O) groups is 1. The van der Waals surface area contributed by atoms with E-state index in [1.807, 2.05) is 34.2 Å². The van der Waals surface area contributed by atoms with E-state index < -0.39 is 15.9 Å². The highest BCUT2D eigenvalue weighted by Gasteiger charge is 2.30. The topological polar surface area (TPSA) is 136 Å². The molecule has 4 heterocycles. The number of hydrogen-bond donors (Lipinski definition) is 2. The smallest absolute Gasteiger partial charge is 0.248 e. The average Bonchev–Trinajstić information content (AvgIpc) is 3.55. The summed E-state index contributed by atoms with van der Waals surface area (Å²) in [7, 11) is -3.66. The normalized spacial score (nSPS) is 16.3. The first kappa shape index (κ1) is 26.4. The van der Waals surface area contributed by atoms with E-state index in [-0.39, 0.29) is 17.5 Å². The van der Waals surface area contributed by atoms with Gasteiger partial charge in [0.2, 0.25) is 21.9 Å². The van der Waals surface area contributed by atoms with Crippen molar-refractivity contribution in [2.45, 2.75) is 23.8 Å². The molecule has 1 aliphatic heterocycles. The monoisotopic (exact) mass is 593 g/mol. The molecular weight excluding hydrogens is 570 g/mol. The van der Waals surface area contributed by atoms with Gasteiger partial charge in [0.25, 0.3) is 0 Å². The van der Waals surface area contributed by atoms with Gasteiger partial charge in [0.15, 0.2) is 4.96 Å². The van der Waals surface area contributed by atoms with Crippen LogP contribution in [0.1, 0.15) is 23.2 Å². The number of halogens is 1. The van der Waals surface area contributed by atoms with E-state index >= 15 is 0 Å². The van der Waals surface area contributed by atoms with Crippen LogP contribution >= 0.6 is 22.9 Å². The van der Waals surface area contributed by atoms with Crippen LogP contribution < -0.4 is 11.1 Å². The van der Waals surface area contributed by atoms with Crippen LogP contribution in [0.4, 0.5) is 5.95 Å². The lowest BCUT2D eigenvalue weighted by molar-refractivity contribution is 0.100. The summed E-state index contributed by atoms with van der Waals surface area (Å²) in [5.74, 6) is -0.0974. The Kier molecular flexibility index (Phi) is 7.00. The Balaban J connectivity index is 1.27. The van der Waals surface area contributed by atoms with E-state index in [2.05, 4.69) is 10.3 Å². The Morgan fingerprint density at radius 1 is 1.07 bits per heavy atom. The molecule has 1 aliphatic rings. The van der Waals surface area contributed by atoms with Crippen LogP contribution in [0.2, 0.25) is 5.02 Å². The zero-order chi connectivity index (χ0) is 27.9. The molecule has 40 heavy (non-hydrogen) atoms. The van der Waals surface area contributed by atoms with E-state index in [0.29, 0.717) is 40.9 Å². The first-order chi connectivity index (χ1) is 19.3. The number of hydrogen-bond acceptors (Lipinski definition) is 8. The van der Waals surface area contributed by atoms with Crippen LogP contribution in [0.3, 0.4) is 0 Å². The maximum atomic E-state index is 13.2. The number of imidazole rings is 1. The highest BCUT2D eigenvalue weighted by molar-refractivity contribution is 7.89. The van der Waals surface area contributed by atoms with E-state index in [9.17, 15) is 13.2 Å². The van der Waals surface area contributed by atoms with Gasteiger partial charge >= 0.3 is 0 Å². The van der Waals surface area contributed by atoms with Crippen LogP contribution in [0, 0.1) is 0 Å². The standard InChI is InChI=1S/C27H24ClN7O3S2/c28-19-7-9-21(10-8-19)40(37,38)34-13-1-2-20(16-34)31-26-30-12-11-22(32-26)24-23(33-27-35(24)14-15-39-27)17-3-5-18(6-4-17)25(29)36/h3-12,14-15,20H,1-2,13,16H2,(H2,29,36)(H,30,31,32)/t20-/m1/s1. The molecule has 3 N–H and O–H groups in total. The minimum absolute atomic E-state index is 0.168. The number of piperidine rings is 1.